The second-order valence-electron chi connectivity index (χ2n) is 2.48. The third kappa shape index (κ3) is 1.59. The maximum atomic E-state index is 9.95. The predicted molar refractivity (Wildman–Crippen MR) is 48.2 cm³/mol. The molecule has 0 radical (unpaired) electrons. The average molecular weight is 177 g/mol. The van der Waals surface area contributed by atoms with E-state index in [1.165, 1.54) is 0 Å². The molecule has 0 amide bonds. The van der Waals surface area contributed by atoms with Crippen LogP contribution < -0.4 is 0 Å². The molecule has 0 aromatic heterocycles. The first kappa shape index (κ1) is 9.06. The fourth-order valence-electron chi connectivity index (χ4n) is 0.868. The highest BCUT2D eigenvalue weighted by atomic mass is 32.3. The summed E-state index contributed by atoms with van der Waals surface area (Å²) in [6.45, 7) is 2.80. The van der Waals surface area contributed by atoms with Crippen molar-refractivity contribution < 1.29 is 8.74 Å². The number of hydrogen-bond donors (Lipinski definition) is 1. The van der Waals surface area contributed by atoms with Gasteiger partial charge in [0.15, 0.2) is 0 Å². The molecule has 0 bridgehead atoms. The SMILES string of the molecule is CCN(C)S(O)(OC)C1=CC1. The van der Waals surface area contributed by atoms with Gasteiger partial charge in [-0.1, -0.05) is 13.0 Å². The molecule has 0 heterocycles. The maximum absolute atomic E-state index is 9.95. The zero-order valence-corrected chi connectivity index (χ0v) is 8.02. The highest BCUT2D eigenvalue weighted by Gasteiger charge is 2.30. The third-order valence-corrected chi connectivity index (χ3v) is 4.40. The summed E-state index contributed by atoms with van der Waals surface area (Å²) in [4.78, 5) is 1.05. The summed E-state index contributed by atoms with van der Waals surface area (Å²) in [7, 11) is 1.41. The van der Waals surface area contributed by atoms with Crippen LogP contribution in [-0.2, 0) is 4.18 Å². The van der Waals surface area contributed by atoms with Gasteiger partial charge in [0.2, 0.25) is 0 Å². The van der Waals surface area contributed by atoms with Gasteiger partial charge in [0.25, 0.3) is 0 Å². The van der Waals surface area contributed by atoms with E-state index in [4.69, 9.17) is 4.18 Å². The lowest BCUT2D eigenvalue weighted by atomic mass is 10.8. The third-order valence-electron chi connectivity index (χ3n) is 1.81. The van der Waals surface area contributed by atoms with E-state index in [0.29, 0.717) is 0 Å². The quantitative estimate of drug-likeness (QED) is 0.712. The van der Waals surface area contributed by atoms with Crippen molar-refractivity contribution in [1.29, 1.82) is 0 Å². The Morgan fingerprint density at radius 3 is 2.64 bits per heavy atom. The van der Waals surface area contributed by atoms with Gasteiger partial charge in [0.1, 0.15) is 0 Å². The van der Waals surface area contributed by atoms with Gasteiger partial charge in [0, 0.05) is 20.0 Å². The zero-order valence-electron chi connectivity index (χ0n) is 7.20. The van der Waals surface area contributed by atoms with Gasteiger partial charge in [-0.2, -0.15) is 0 Å². The van der Waals surface area contributed by atoms with Crippen molar-refractivity contribution in [3.05, 3.63) is 11.0 Å². The van der Waals surface area contributed by atoms with Crippen molar-refractivity contribution >= 4 is 10.8 Å². The van der Waals surface area contributed by atoms with E-state index in [1.54, 1.807) is 7.11 Å². The molecule has 1 unspecified atom stereocenters. The number of hydrogen-bond acceptors (Lipinski definition) is 3. The van der Waals surface area contributed by atoms with Crippen LogP contribution in [0.15, 0.2) is 11.0 Å². The van der Waals surface area contributed by atoms with Crippen molar-refractivity contribution in [3.8, 4) is 0 Å². The van der Waals surface area contributed by atoms with Gasteiger partial charge >= 0.3 is 0 Å². The lowest BCUT2D eigenvalue weighted by Gasteiger charge is -2.42. The summed E-state index contributed by atoms with van der Waals surface area (Å²) >= 11 is 0. The van der Waals surface area contributed by atoms with Crippen LogP contribution in [0.4, 0.5) is 0 Å². The second kappa shape index (κ2) is 3.15. The molecule has 0 saturated heterocycles. The molecular weight excluding hydrogens is 162 g/mol. The molecule has 0 spiro atoms. The molecule has 0 aromatic carbocycles. The van der Waals surface area contributed by atoms with E-state index >= 15 is 0 Å². The molecule has 1 atom stereocenters. The van der Waals surface area contributed by atoms with E-state index in [0.717, 1.165) is 17.9 Å². The smallest absolute Gasteiger partial charge is 0.0624 e. The standard InChI is InChI=1S/C7H15NO2S/c1-4-8(2)11(9,10-3)7-5-6-7/h5,9H,4,6H2,1-3H3. The molecule has 1 rings (SSSR count). The minimum atomic E-state index is -2.02. The monoisotopic (exact) mass is 177 g/mol. The summed E-state index contributed by atoms with van der Waals surface area (Å²) in [5, 5.41) is 0. The summed E-state index contributed by atoms with van der Waals surface area (Å²) in [5.74, 6) is 0. The summed E-state index contributed by atoms with van der Waals surface area (Å²) in [5.41, 5.74) is 0. The Balaban J connectivity index is 2.65. The highest BCUT2D eigenvalue weighted by molar-refractivity contribution is 8.26. The second-order valence-corrected chi connectivity index (χ2v) is 4.96. The Morgan fingerprint density at radius 2 is 2.36 bits per heavy atom. The lowest BCUT2D eigenvalue weighted by Crippen LogP contribution is -2.23. The average Bonchev–Trinajstić information content (AvgIpc) is 2.84. The number of nitrogens with zero attached hydrogens (tertiary/aromatic N) is 1. The van der Waals surface area contributed by atoms with Crippen LogP contribution in [-0.4, -0.2) is 29.6 Å². The molecule has 1 aliphatic carbocycles. The van der Waals surface area contributed by atoms with E-state index < -0.39 is 10.8 Å². The van der Waals surface area contributed by atoms with Gasteiger partial charge in [-0.25, -0.2) is 4.31 Å². The topological polar surface area (TPSA) is 32.7 Å². The summed E-state index contributed by atoms with van der Waals surface area (Å²) < 4.78 is 16.9. The fourth-order valence-corrected chi connectivity index (χ4v) is 2.60. The fraction of sp³-hybridized carbons (Fsp3) is 0.714. The molecule has 11 heavy (non-hydrogen) atoms. The Bertz CT molecular complexity index is 183. The molecule has 1 N–H and O–H groups in total. The number of rotatable bonds is 4. The van der Waals surface area contributed by atoms with Gasteiger partial charge in [-0.15, -0.1) is 10.8 Å². The molecule has 66 valence electrons. The summed E-state index contributed by atoms with van der Waals surface area (Å²) in [6, 6.07) is 0. The first-order valence-corrected chi connectivity index (χ1v) is 5.14. The van der Waals surface area contributed by atoms with Gasteiger partial charge in [-0.05, 0) is 0 Å². The van der Waals surface area contributed by atoms with Crippen LogP contribution in [0.3, 0.4) is 0 Å². The van der Waals surface area contributed by atoms with Crippen molar-refractivity contribution in [2.24, 2.45) is 0 Å². The first-order chi connectivity index (χ1) is 5.15. The van der Waals surface area contributed by atoms with Crippen LogP contribution in [0.1, 0.15) is 13.3 Å². The van der Waals surface area contributed by atoms with Crippen LogP contribution >= 0.6 is 10.8 Å². The highest BCUT2D eigenvalue weighted by Crippen LogP contribution is 2.60. The van der Waals surface area contributed by atoms with Crippen molar-refractivity contribution in [3.63, 3.8) is 0 Å². The largest absolute Gasteiger partial charge is 0.281 e. The normalized spacial score (nSPS) is 24.3. The Morgan fingerprint density at radius 1 is 1.82 bits per heavy atom. The molecule has 3 nitrogen and oxygen atoms in total. The van der Waals surface area contributed by atoms with Crippen LogP contribution in [0.5, 0.6) is 0 Å². The maximum Gasteiger partial charge on any atom is 0.0624 e. The van der Waals surface area contributed by atoms with Gasteiger partial charge in [0.05, 0.1) is 12.0 Å². The lowest BCUT2D eigenvalue weighted by molar-refractivity contribution is 0.343. The van der Waals surface area contributed by atoms with Crippen molar-refractivity contribution in [2.75, 3.05) is 20.7 Å². The molecule has 0 fully saturated rings. The summed E-state index contributed by atoms with van der Waals surface area (Å²) in [6.07, 6.45) is 2.91. The molecule has 4 heteroatoms. The Hall–Kier alpha value is -0.0300. The zero-order chi connectivity index (χ0) is 8.48. The minimum Gasteiger partial charge on any atom is -0.281 e. The first-order valence-electron chi connectivity index (χ1n) is 3.67. The van der Waals surface area contributed by atoms with E-state index in [2.05, 4.69) is 0 Å². The van der Waals surface area contributed by atoms with E-state index in [1.807, 2.05) is 24.4 Å². The minimum absolute atomic E-state index is 0.803. The molecule has 0 saturated carbocycles. The number of allylic oxidation sites excluding steroid dienone is 2. The van der Waals surface area contributed by atoms with Crippen LogP contribution in [0.25, 0.3) is 0 Å². The predicted octanol–water partition coefficient (Wildman–Crippen LogP) is 1.98. The molecule has 1 aliphatic rings. The van der Waals surface area contributed by atoms with Crippen LogP contribution in [0.2, 0.25) is 0 Å². The van der Waals surface area contributed by atoms with Crippen LogP contribution in [0, 0.1) is 0 Å². The van der Waals surface area contributed by atoms with Gasteiger partial charge < -0.3 is 0 Å². The molecule has 0 aromatic rings. The Kier molecular flexibility index (Phi) is 2.59. The van der Waals surface area contributed by atoms with E-state index in [-0.39, 0.29) is 0 Å². The van der Waals surface area contributed by atoms with Crippen molar-refractivity contribution in [2.45, 2.75) is 13.3 Å². The van der Waals surface area contributed by atoms with Gasteiger partial charge in [-0.3, -0.25) is 8.74 Å². The molecular formula is C7H15NO2S. The molecule has 0 aliphatic heterocycles. The van der Waals surface area contributed by atoms with Crippen molar-refractivity contribution in [1.82, 2.24) is 4.31 Å². The van der Waals surface area contributed by atoms with E-state index in [9.17, 15) is 4.55 Å². The Labute approximate surface area is 69.5 Å².